The van der Waals surface area contributed by atoms with Gasteiger partial charge in [-0.1, -0.05) is 30.3 Å². The number of aryl methyl sites for hydroxylation is 1. The molecule has 1 aromatic heterocycles. The molecule has 0 saturated heterocycles. The third-order valence-corrected chi connectivity index (χ3v) is 4.46. The molecule has 5 nitrogen and oxygen atoms in total. The molecule has 3 aromatic rings. The zero-order chi connectivity index (χ0) is 17.3. The summed E-state index contributed by atoms with van der Waals surface area (Å²) in [6, 6.07) is 16.2. The molecule has 1 aliphatic rings. The zero-order valence-corrected chi connectivity index (χ0v) is 14.6. The summed E-state index contributed by atoms with van der Waals surface area (Å²) in [5, 5.41) is 12.3. The molecular formula is C20H22N4O. The number of hydrogen-bond donors (Lipinski definition) is 1. The molecule has 0 fully saturated rings. The van der Waals surface area contributed by atoms with E-state index >= 15 is 0 Å². The van der Waals surface area contributed by atoms with Crippen molar-refractivity contribution in [3.8, 4) is 11.4 Å². The molecule has 0 spiro atoms. The van der Waals surface area contributed by atoms with Crippen LogP contribution in [0.1, 0.15) is 31.5 Å². The molecule has 25 heavy (non-hydrogen) atoms. The van der Waals surface area contributed by atoms with Crippen molar-refractivity contribution in [3.63, 3.8) is 0 Å². The fourth-order valence-electron chi connectivity index (χ4n) is 3.05. The predicted molar refractivity (Wildman–Crippen MR) is 98.2 cm³/mol. The van der Waals surface area contributed by atoms with Crippen LogP contribution >= 0.6 is 0 Å². The van der Waals surface area contributed by atoms with Crippen molar-refractivity contribution in [1.82, 2.24) is 15.0 Å². The van der Waals surface area contributed by atoms with E-state index in [1.54, 1.807) is 11.0 Å². The van der Waals surface area contributed by atoms with Crippen molar-refractivity contribution in [2.24, 2.45) is 0 Å². The molecule has 0 unspecified atom stereocenters. The summed E-state index contributed by atoms with van der Waals surface area (Å²) in [5.41, 5.74) is 3.99. The third kappa shape index (κ3) is 3.36. The van der Waals surface area contributed by atoms with E-state index in [4.69, 9.17) is 4.74 Å². The number of fused-ring (bicyclic) bond motifs is 1. The Kier molecular flexibility index (Phi) is 3.92. The van der Waals surface area contributed by atoms with E-state index in [1.165, 1.54) is 5.56 Å². The minimum Gasteiger partial charge on any atom is -0.485 e. The lowest BCUT2D eigenvalue weighted by Crippen LogP contribution is -2.33. The Morgan fingerprint density at radius 1 is 1.12 bits per heavy atom. The van der Waals surface area contributed by atoms with Gasteiger partial charge in [0.2, 0.25) is 0 Å². The van der Waals surface area contributed by atoms with Crippen molar-refractivity contribution < 1.29 is 4.74 Å². The van der Waals surface area contributed by atoms with Gasteiger partial charge in [0.25, 0.3) is 0 Å². The maximum absolute atomic E-state index is 6.21. The van der Waals surface area contributed by atoms with Crippen LogP contribution in [0, 0.1) is 0 Å². The van der Waals surface area contributed by atoms with Crippen LogP contribution in [0.5, 0.6) is 5.75 Å². The number of aromatic nitrogens is 3. The van der Waals surface area contributed by atoms with E-state index in [-0.39, 0.29) is 5.60 Å². The number of nitrogens with zero attached hydrogens (tertiary/aromatic N) is 3. The number of hydrogen-bond acceptors (Lipinski definition) is 4. The van der Waals surface area contributed by atoms with E-state index in [0.717, 1.165) is 35.7 Å². The Morgan fingerprint density at radius 3 is 2.80 bits per heavy atom. The summed E-state index contributed by atoms with van der Waals surface area (Å²) in [5.74, 6) is 0.967. The van der Waals surface area contributed by atoms with Gasteiger partial charge in [-0.25, -0.2) is 0 Å². The number of nitrogens with one attached hydrogen (secondary N) is 1. The molecule has 2 heterocycles. The van der Waals surface area contributed by atoms with Crippen LogP contribution in [0.3, 0.4) is 0 Å². The van der Waals surface area contributed by atoms with Crippen LogP contribution in [0.2, 0.25) is 0 Å². The average molecular weight is 334 g/mol. The second-order valence-corrected chi connectivity index (χ2v) is 6.97. The molecular weight excluding hydrogens is 312 g/mol. The van der Waals surface area contributed by atoms with Crippen molar-refractivity contribution in [3.05, 3.63) is 66.0 Å². The number of benzene rings is 2. The van der Waals surface area contributed by atoms with Crippen molar-refractivity contribution in [2.45, 2.75) is 38.8 Å². The van der Waals surface area contributed by atoms with Gasteiger partial charge < -0.3 is 10.1 Å². The number of anilines is 1. The van der Waals surface area contributed by atoms with Gasteiger partial charge in [0.1, 0.15) is 17.0 Å². The second kappa shape index (κ2) is 6.24. The molecule has 4 rings (SSSR count). The molecule has 1 aliphatic heterocycles. The lowest BCUT2D eigenvalue weighted by Gasteiger charge is -2.33. The fraction of sp³-hybridized carbons (Fsp3) is 0.300. The highest BCUT2D eigenvalue weighted by Crippen LogP contribution is 2.38. The quantitative estimate of drug-likeness (QED) is 0.784. The molecule has 2 aromatic carbocycles. The smallest absolute Gasteiger partial charge is 0.146 e. The third-order valence-electron chi connectivity index (χ3n) is 4.46. The zero-order valence-electron chi connectivity index (χ0n) is 14.6. The van der Waals surface area contributed by atoms with Crippen LogP contribution in [0.15, 0.2) is 54.7 Å². The highest BCUT2D eigenvalue weighted by molar-refractivity contribution is 5.61. The summed E-state index contributed by atoms with van der Waals surface area (Å²) < 4.78 is 6.21. The second-order valence-electron chi connectivity index (χ2n) is 6.97. The van der Waals surface area contributed by atoms with Gasteiger partial charge >= 0.3 is 0 Å². The van der Waals surface area contributed by atoms with Crippen LogP contribution in [0.25, 0.3) is 5.69 Å². The topological polar surface area (TPSA) is 52.0 Å². The first-order valence-electron chi connectivity index (χ1n) is 8.62. The van der Waals surface area contributed by atoms with E-state index in [2.05, 4.69) is 47.6 Å². The molecule has 128 valence electrons. The van der Waals surface area contributed by atoms with Crippen molar-refractivity contribution >= 4 is 5.69 Å². The van der Waals surface area contributed by atoms with Crippen LogP contribution in [0.4, 0.5) is 5.69 Å². The molecule has 0 atom stereocenters. The van der Waals surface area contributed by atoms with Gasteiger partial charge in [0.15, 0.2) is 0 Å². The monoisotopic (exact) mass is 334 g/mol. The SMILES string of the molecule is CC1(C)CCc2cccc(NCc3cnn(-c4ccccc4)n3)c2O1. The average Bonchev–Trinajstić information content (AvgIpc) is 3.09. The molecule has 0 amide bonds. The van der Waals surface area contributed by atoms with Crippen molar-refractivity contribution in [1.29, 1.82) is 0 Å². The molecule has 0 saturated carbocycles. The highest BCUT2D eigenvalue weighted by Gasteiger charge is 2.28. The Morgan fingerprint density at radius 2 is 1.96 bits per heavy atom. The summed E-state index contributed by atoms with van der Waals surface area (Å²) in [6.07, 6.45) is 3.87. The normalized spacial score (nSPS) is 15.3. The Labute approximate surface area is 147 Å². The van der Waals surface area contributed by atoms with E-state index < -0.39 is 0 Å². The van der Waals surface area contributed by atoms with Gasteiger partial charge in [0.05, 0.1) is 24.1 Å². The summed E-state index contributed by atoms with van der Waals surface area (Å²) >= 11 is 0. The highest BCUT2D eigenvalue weighted by atomic mass is 16.5. The lowest BCUT2D eigenvalue weighted by molar-refractivity contribution is 0.0856. The molecule has 5 heteroatoms. The minimum atomic E-state index is -0.124. The van der Waals surface area contributed by atoms with Gasteiger partial charge in [-0.3, -0.25) is 0 Å². The van der Waals surface area contributed by atoms with Crippen molar-refractivity contribution in [2.75, 3.05) is 5.32 Å². The van der Waals surface area contributed by atoms with Crippen LogP contribution in [-0.2, 0) is 13.0 Å². The maximum atomic E-state index is 6.21. The molecule has 0 radical (unpaired) electrons. The Hall–Kier alpha value is -2.82. The van der Waals surface area contributed by atoms with Crippen LogP contribution in [-0.4, -0.2) is 20.6 Å². The number of rotatable bonds is 4. The first-order valence-corrected chi connectivity index (χ1v) is 8.62. The van der Waals surface area contributed by atoms with Crippen LogP contribution < -0.4 is 10.1 Å². The van der Waals surface area contributed by atoms with E-state index in [9.17, 15) is 0 Å². The van der Waals surface area contributed by atoms with Gasteiger partial charge in [-0.05, 0) is 50.5 Å². The maximum Gasteiger partial charge on any atom is 0.146 e. The molecule has 0 bridgehead atoms. The summed E-state index contributed by atoms with van der Waals surface area (Å²) in [4.78, 5) is 1.65. The minimum absolute atomic E-state index is 0.124. The summed E-state index contributed by atoms with van der Waals surface area (Å²) in [6.45, 7) is 4.88. The van der Waals surface area contributed by atoms with E-state index in [0.29, 0.717) is 6.54 Å². The van der Waals surface area contributed by atoms with Gasteiger partial charge in [0, 0.05) is 0 Å². The Balaban J connectivity index is 1.50. The number of para-hydroxylation sites is 2. The van der Waals surface area contributed by atoms with E-state index in [1.807, 2.05) is 30.3 Å². The lowest BCUT2D eigenvalue weighted by atomic mass is 9.94. The largest absolute Gasteiger partial charge is 0.485 e. The van der Waals surface area contributed by atoms with Gasteiger partial charge in [-0.15, -0.1) is 0 Å². The fourth-order valence-corrected chi connectivity index (χ4v) is 3.05. The molecule has 0 aliphatic carbocycles. The summed E-state index contributed by atoms with van der Waals surface area (Å²) in [7, 11) is 0. The first kappa shape index (κ1) is 15.7. The molecule has 1 N–H and O–H groups in total. The predicted octanol–water partition coefficient (Wildman–Crippen LogP) is 3.98. The standard InChI is InChI=1S/C20H22N4O/c1-20(2)12-11-15-7-6-10-18(19(15)25-20)21-13-16-14-22-24(23-16)17-8-4-3-5-9-17/h3-10,14,21H,11-13H2,1-2H3. The first-order chi connectivity index (χ1) is 12.1. The number of ether oxygens (including phenoxy) is 1. The van der Waals surface area contributed by atoms with Gasteiger partial charge in [-0.2, -0.15) is 15.0 Å². The Bertz CT molecular complexity index is 870.